The molecule has 1 N–H and O–H groups in total. The average Bonchev–Trinajstić information content (AvgIpc) is 2.69. The normalized spacial score (nSPS) is 45.8. The summed E-state index contributed by atoms with van der Waals surface area (Å²) in [6.45, 7) is -5.66. The third-order valence-corrected chi connectivity index (χ3v) is 4.20. The topological polar surface area (TPSA) is 41.9 Å². The maximum absolute atomic E-state index is 11.1. The van der Waals surface area contributed by atoms with Gasteiger partial charge in [-0.15, -0.1) is 0 Å². The van der Waals surface area contributed by atoms with Gasteiger partial charge in [-0.25, -0.2) is 0 Å². The number of aryl methyl sites for hydroxylation is 1. The van der Waals surface area contributed by atoms with E-state index in [4.69, 9.17) is 24.6 Å². The van der Waals surface area contributed by atoms with E-state index in [1.54, 1.807) is 0 Å². The first-order valence-corrected chi connectivity index (χ1v) is 7.44. The summed E-state index contributed by atoms with van der Waals surface area (Å²) in [4.78, 5) is 1.02. The fraction of sp³-hybridized carbons (Fsp3) is 0.684. The number of hydrogen-bond acceptors (Lipinski definition) is 4. The summed E-state index contributed by atoms with van der Waals surface area (Å²) >= 11 is 0. The van der Waals surface area contributed by atoms with Crippen LogP contribution in [0.4, 0.5) is 0 Å². The van der Waals surface area contributed by atoms with E-state index < -0.39 is 63.0 Å². The SMILES string of the molecule is [2H]C([2H])([2H])C([2H])(C)C([2H])([2H])[C@H]1CN2[C@@H](C[C@@]1([2H])O)c1cc(OC)c(OC)cc1C([2H])([2H])C2([2H])[2H]. The molecule has 2 aliphatic rings. The Morgan fingerprint density at radius 3 is 2.96 bits per heavy atom. The van der Waals surface area contributed by atoms with Crippen LogP contribution in [0.25, 0.3) is 0 Å². The summed E-state index contributed by atoms with van der Waals surface area (Å²) in [5.41, 5.74) is 0.188. The Morgan fingerprint density at radius 2 is 2.26 bits per heavy atom. The monoisotopic (exact) mass is 330 g/mol. The molecule has 1 unspecified atom stereocenters. The molecule has 0 amide bonds. The number of hydrogen-bond donors (Lipinski definition) is 1. The molecule has 4 nitrogen and oxygen atoms in total. The molecular formula is C19H29NO3. The lowest BCUT2D eigenvalue weighted by atomic mass is 9.79. The van der Waals surface area contributed by atoms with Gasteiger partial charge in [-0.2, -0.15) is 0 Å². The Kier molecular flexibility index (Phi) is 2.26. The molecule has 1 aromatic rings. The van der Waals surface area contributed by atoms with Crippen LogP contribution in [0.15, 0.2) is 12.1 Å². The predicted octanol–water partition coefficient (Wildman–Crippen LogP) is 3.03. The van der Waals surface area contributed by atoms with Crippen LogP contribution in [-0.2, 0) is 6.37 Å². The lowest BCUT2D eigenvalue weighted by Crippen LogP contribution is -2.48. The molecule has 4 atom stereocenters. The van der Waals surface area contributed by atoms with E-state index in [0.717, 1.165) is 11.8 Å². The van der Waals surface area contributed by atoms with Gasteiger partial charge in [0, 0.05) is 32.8 Å². The average molecular weight is 331 g/mol. The number of benzene rings is 1. The van der Waals surface area contributed by atoms with Crippen LogP contribution in [0.5, 0.6) is 11.5 Å². The second-order valence-corrected chi connectivity index (χ2v) is 5.72. The molecule has 0 spiro atoms. The van der Waals surface area contributed by atoms with E-state index in [2.05, 4.69) is 0 Å². The summed E-state index contributed by atoms with van der Waals surface area (Å²) in [7, 11) is 2.72. The Morgan fingerprint density at radius 1 is 1.52 bits per heavy atom. The Bertz CT molecular complexity index is 962. The van der Waals surface area contributed by atoms with Crippen LogP contribution >= 0.6 is 0 Å². The van der Waals surface area contributed by atoms with E-state index >= 15 is 0 Å². The zero-order valence-electron chi connectivity index (χ0n) is 24.4. The van der Waals surface area contributed by atoms with Crippen molar-refractivity contribution in [2.75, 3.05) is 27.3 Å². The van der Waals surface area contributed by atoms with Crippen molar-refractivity contribution in [3.05, 3.63) is 23.3 Å². The summed E-state index contributed by atoms with van der Waals surface area (Å²) in [5.74, 6) is -4.16. The van der Waals surface area contributed by atoms with E-state index in [1.165, 1.54) is 26.4 Å². The lowest BCUT2D eigenvalue weighted by Gasteiger charge is -2.46. The van der Waals surface area contributed by atoms with Crippen LogP contribution in [0.2, 0.25) is 0 Å². The predicted molar refractivity (Wildman–Crippen MR) is 91.1 cm³/mol. The molecule has 1 aromatic carbocycles. The van der Waals surface area contributed by atoms with Gasteiger partial charge in [0.25, 0.3) is 0 Å². The maximum Gasteiger partial charge on any atom is 0.161 e. The fourth-order valence-electron chi connectivity index (χ4n) is 3.08. The lowest BCUT2D eigenvalue weighted by molar-refractivity contribution is -0.0191. The van der Waals surface area contributed by atoms with Gasteiger partial charge in [-0.1, -0.05) is 13.8 Å². The van der Waals surface area contributed by atoms with Crippen LogP contribution in [-0.4, -0.2) is 43.3 Å². The van der Waals surface area contributed by atoms with Crippen molar-refractivity contribution < 1.29 is 29.7 Å². The summed E-state index contributed by atoms with van der Waals surface area (Å²) in [6, 6.07) is 1.71. The minimum Gasteiger partial charge on any atom is -0.493 e. The number of ether oxygens (including phenoxy) is 2. The first-order chi connectivity index (χ1) is 15.2. The second-order valence-electron chi connectivity index (χ2n) is 5.72. The molecular weight excluding hydrogens is 290 g/mol. The fourth-order valence-corrected chi connectivity index (χ4v) is 3.08. The van der Waals surface area contributed by atoms with Crippen LogP contribution in [0, 0.1) is 11.8 Å². The molecule has 0 radical (unpaired) electrons. The van der Waals surface area contributed by atoms with E-state index in [-0.39, 0.29) is 22.6 Å². The van der Waals surface area contributed by atoms with Gasteiger partial charge >= 0.3 is 0 Å². The van der Waals surface area contributed by atoms with Crippen molar-refractivity contribution in [2.24, 2.45) is 11.8 Å². The summed E-state index contributed by atoms with van der Waals surface area (Å²) < 4.78 is 102. The van der Waals surface area contributed by atoms with Crippen molar-refractivity contribution >= 4 is 0 Å². The highest BCUT2D eigenvalue weighted by atomic mass is 16.5. The van der Waals surface area contributed by atoms with Gasteiger partial charge in [0.2, 0.25) is 0 Å². The first kappa shape index (κ1) is 7.75. The molecule has 0 aliphatic carbocycles. The highest BCUT2D eigenvalue weighted by Gasteiger charge is 2.38. The maximum atomic E-state index is 11.1. The zero-order chi connectivity index (χ0) is 26.3. The van der Waals surface area contributed by atoms with Crippen LogP contribution < -0.4 is 9.47 Å². The summed E-state index contributed by atoms with van der Waals surface area (Å²) in [6.07, 6.45) is -8.71. The van der Waals surface area contributed by atoms with Gasteiger partial charge in [-0.05, 0) is 54.2 Å². The Labute approximate surface area is 154 Å². The van der Waals surface area contributed by atoms with Crippen molar-refractivity contribution in [1.82, 2.24) is 4.90 Å². The molecule has 4 heteroatoms. The quantitative estimate of drug-likeness (QED) is 0.921. The Balaban J connectivity index is 2.20. The minimum atomic E-state index is -3.10. The molecule has 0 saturated carbocycles. The van der Waals surface area contributed by atoms with Gasteiger partial charge < -0.3 is 14.6 Å². The van der Waals surface area contributed by atoms with Crippen molar-refractivity contribution in [2.45, 2.75) is 45.1 Å². The third kappa shape index (κ3) is 3.20. The smallest absolute Gasteiger partial charge is 0.161 e. The van der Waals surface area contributed by atoms with Crippen molar-refractivity contribution in [3.8, 4) is 11.5 Å². The molecule has 23 heavy (non-hydrogen) atoms. The Hall–Kier alpha value is -1.26. The number of fused-ring (bicyclic) bond motifs is 3. The molecule has 1 fully saturated rings. The standard InChI is InChI=1S/C19H29NO3/c1-12(2)7-14-11-20-6-5-13-8-18(22-3)19(23-4)9-15(13)16(20)10-17(14)21/h8-9,12,14,16-17,21H,5-7,10-11H2,1-4H3/t14-,16-,17+/m0/s1/i1D3,5D2,6D2,7D2,12D,17D/t12?,14-,16-,17+. The minimum absolute atomic E-state index is 0.0542. The molecule has 0 bridgehead atoms. The van der Waals surface area contributed by atoms with Crippen molar-refractivity contribution in [1.29, 1.82) is 0 Å². The van der Waals surface area contributed by atoms with Crippen molar-refractivity contribution in [3.63, 3.8) is 0 Å². The molecule has 1 saturated heterocycles. The van der Waals surface area contributed by atoms with Gasteiger partial charge in [0.15, 0.2) is 11.5 Å². The molecule has 128 valence electrons. The number of methoxy groups -OCH3 is 2. The number of piperidine rings is 1. The van der Waals surface area contributed by atoms with E-state index in [9.17, 15) is 5.11 Å². The zero-order valence-corrected chi connectivity index (χ0v) is 13.4. The molecule has 3 rings (SSSR count). The number of rotatable bonds is 4. The highest BCUT2D eigenvalue weighted by Crippen LogP contribution is 2.43. The first-order valence-electron chi connectivity index (χ1n) is 12.9. The molecule has 2 aliphatic heterocycles. The number of aliphatic hydroxyl groups is 1. The van der Waals surface area contributed by atoms with E-state index in [1.807, 2.05) is 0 Å². The van der Waals surface area contributed by atoms with Crippen LogP contribution in [0.3, 0.4) is 0 Å². The van der Waals surface area contributed by atoms with E-state index in [0.29, 0.717) is 0 Å². The molecule has 2 heterocycles. The third-order valence-electron chi connectivity index (χ3n) is 4.20. The summed E-state index contributed by atoms with van der Waals surface area (Å²) in [5, 5.41) is 11.1. The molecule has 0 aromatic heterocycles. The van der Waals surface area contributed by atoms with Crippen LogP contribution in [0.1, 0.15) is 58.8 Å². The van der Waals surface area contributed by atoms with Gasteiger partial charge in [0.1, 0.15) is 0 Å². The number of nitrogens with zero attached hydrogens (tertiary/aromatic N) is 1. The van der Waals surface area contributed by atoms with Gasteiger partial charge in [-0.3, -0.25) is 4.90 Å². The largest absolute Gasteiger partial charge is 0.493 e. The highest BCUT2D eigenvalue weighted by molar-refractivity contribution is 5.49. The van der Waals surface area contributed by atoms with Gasteiger partial charge in [0.05, 0.1) is 21.7 Å². The second kappa shape index (κ2) is 6.70.